The topological polar surface area (TPSA) is 116 Å². The maximum atomic E-state index is 13.0. The number of aryl methyl sites for hydroxylation is 1. The van der Waals surface area contributed by atoms with E-state index in [9.17, 15) is 31.6 Å². The molecular formula is C22H28F3N5O5S. The molecule has 198 valence electrons. The molecule has 1 atom stereocenters. The van der Waals surface area contributed by atoms with Gasteiger partial charge < -0.3 is 9.64 Å². The highest BCUT2D eigenvalue weighted by atomic mass is 32.2. The molecule has 1 aromatic heterocycles. The third-order valence-corrected chi connectivity index (χ3v) is 7.64. The zero-order chi connectivity index (χ0) is 26.2. The van der Waals surface area contributed by atoms with Crippen molar-refractivity contribution >= 4 is 22.1 Å². The molecule has 0 bridgehead atoms. The van der Waals surface area contributed by atoms with E-state index in [0.717, 1.165) is 5.69 Å². The number of hydrogen-bond acceptors (Lipinski definition) is 8. The van der Waals surface area contributed by atoms with Crippen LogP contribution >= 0.6 is 0 Å². The van der Waals surface area contributed by atoms with Crippen LogP contribution in [0.4, 0.5) is 18.9 Å². The summed E-state index contributed by atoms with van der Waals surface area (Å²) >= 11 is 0. The monoisotopic (exact) mass is 531 g/mol. The van der Waals surface area contributed by atoms with Gasteiger partial charge in [-0.3, -0.25) is 10.0 Å². The normalized spacial score (nSPS) is 15.9. The van der Waals surface area contributed by atoms with Gasteiger partial charge in [-0.25, -0.2) is 23.4 Å². The number of hydrogen-bond donors (Lipinski definition) is 1. The van der Waals surface area contributed by atoms with Crippen molar-refractivity contribution in [2.75, 3.05) is 43.4 Å². The average Bonchev–Trinajstić information content (AvgIpc) is 2.87. The van der Waals surface area contributed by atoms with Crippen LogP contribution in [0.2, 0.25) is 0 Å². The third kappa shape index (κ3) is 8.31. The van der Waals surface area contributed by atoms with Gasteiger partial charge in [0.05, 0.1) is 11.8 Å². The Bertz CT molecular complexity index is 1070. The van der Waals surface area contributed by atoms with E-state index in [1.54, 1.807) is 30.6 Å². The van der Waals surface area contributed by atoms with Gasteiger partial charge in [-0.15, -0.1) is 0 Å². The molecule has 1 N–H and O–H groups in total. The van der Waals surface area contributed by atoms with Crippen molar-refractivity contribution in [1.29, 1.82) is 0 Å². The highest BCUT2D eigenvalue weighted by molar-refractivity contribution is 7.89. The van der Waals surface area contributed by atoms with Crippen molar-refractivity contribution in [3.63, 3.8) is 0 Å². The van der Waals surface area contributed by atoms with Crippen molar-refractivity contribution in [3.8, 4) is 5.75 Å². The van der Waals surface area contributed by atoms with Crippen molar-refractivity contribution < 1.29 is 36.3 Å². The van der Waals surface area contributed by atoms with E-state index in [-0.39, 0.29) is 31.7 Å². The molecule has 0 spiro atoms. The van der Waals surface area contributed by atoms with Crippen LogP contribution < -0.4 is 9.64 Å². The van der Waals surface area contributed by atoms with Gasteiger partial charge in [0.2, 0.25) is 16.4 Å². The smallest absolute Gasteiger partial charge is 0.422 e. The number of alkyl halides is 3. The van der Waals surface area contributed by atoms with Crippen molar-refractivity contribution in [1.82, 2.24) is 19.3 Å². The number of piperazine rings is 1. The fraction of sp³-hybridized carbons (Fsp3) is 0.500. The standard InChI is InChI=1S/C22H28F3N5O5S/c23-22(24,25)16-35-20-7-5-18(6-8-20)28-11-13-29(14-12-28)36(33,34)15-19(30(32)17-31)3-1-4-21-26-9-2-10-27-21/h2,5-10,17,19,32H,1,3-4,11-16H2. The first-order valence-corrected chi connectivity index (χ1v) is 12.9. The molecule has 1 aliphatic rings. The Morgan fingerprint density at radius 1 is 1.11 bits per heavy atom. The Hall–Kier alpha value is -2.97. The largest absolute Gasteiger partial charge is 0.484 e. The van der Waals surface area contributed by atoms with Crippen LogP contribution in [0.25, 0.3) is 0 Å². The second-order valence-corrected chi connectivity index (χ2v) is 10.3. The fourth-order valence-electron chi connectivity index (χ4n) is 3.82. The van der Waals surface area contributed by atoms with E-state index in [2.05, 4.69) is 9.97 Å². The molecule has 14 heteroatoms. The molecule has 2 aromatic rings. The second-order valence-electron chi connectivity index (χ2n) is 8.26. The number of halogens is 3. The van der Waals surface area contributed by atoms with Crippen LogP contribution in [0.3, 0.4) is 0 Å². The Labute approximate surface area is 207 Å². The van der Waals surface area contributed by atoms with Crippen LogP contribution in [-0.2, 0) is 21.2 Å². The lowest BCUT2D eigenvalue weighted by Crippen LogP contribution is -2.51. The van der Waals surface area contributed by atoms with Crippen LogP contribution in [-0.4, -0.2) is 90.1 Å². The first-order valence-electron chi connectivity index (χ1n) is 11.3. The molecule has 10 nitrogen and oxygen atoms in total. The quantitative estimate of drug-likeness (QED) is 0.252. The zero-order valence-electron chi connectivity index (χ0n) is 19.4. The third-order valence-electron chi connectivity index (χ3n) is 5.68. The highest BCUT2D eigenvalue weighted by Crippen LogP contribution is 2.24. The minimum atomic E-state index is -4.42. The SMILES string of the molecule is O=CN(O)C(CCCc1ncccn1)CS(=O)(=O)N1CCN(c2ccc(OCC(F)(F)F)cc2)CC1. The highest BCUT2D eigenvalue weighted by Gasteiger charge is 2.32. The number of rotatable bonds is 12. The van der Waals surface area contributed by atoms with Gasteiger partial charge in [0.1, 0.15) is 11.6 Å². The molecule has 1 fully saturated rings. The van der Waals surface area contributed by atoms with Gasteiger partial charge in [-0.05, 0) is 43.2 Å². The number of nitrogens with zero attached hydrogens (tertiary/aromatic N) is 5. The number of carbonyl (C=O) groups excluding carboxylic acids is 1. The van der Waals surface area contributed by atoms with Crippen molar-refractivity contribution in [2.24, 2.45) is 0 Å². The van der Waals surface area contributed by atoms with Gasteiger partial charge in [-0.2, -0.15) is 17.5 Å². The second kappa shape index (κ2) is 12.3. The van der Waals surface area contributed by atoms with Crippen LogP contribution in [0.15, 0.2) is 42.7 Å². The van der Waals surface area contributed by atoms with Crippen molar-refractivity contribution in [3.05, 3.63) is 48.5 Å². The number of sulfonamides is 1. The summed E-state index contributed by atoms with van der Waals surface area (Å²) < 4.78 is 68.9. The summed E-state index contributed by atoms with van der Waals surface area (Å²) in [4.78, 5) is 21.3. The van der Waals surface area contributed by atoms with Gasteiger partial charge >= 0.3 is 6.18 Å². The summed E-state index contributed by atoms with van der Waals surface area (Å²) in [6, 6.07) is 6.88. The van der Waals surface area contributed by atoms with Crippen LogP contribution in [0.5, 0.6) is 5.75 Å². The summed E-state index contributed by atoms with van der Waals surface area (Å²) in [5.41, 5.74) is 0.731. The predicted octanol–water partition coefficient (Wildman–Crippen LogP) is 2.11. The number of hydroxylamine groups is 2. The Balaban J connectivity index is 1.52. The Morgan fingerprint density at radius 2 is 1.75 bits per heavy atom. The minimum absolute atomic E-state index is 0.0888. The number of benzene rings is 1. The fourth-order valence-corrected chi connectivity index (χ4v) is 5.56. The number of amides is 1. The maximum absolute atomic E-state index is 13.0. The Morgan fingerprint density at radius 3 is 2.33 bits per heavy atom. The van der Waals surface area contributed by atoms with Gasteiger partial charge in [0, 0.05) is 50.7 Å². The molecule has 36 heavy (non-hydrogen) atoms. The van der Waals surface area contributed by atoms with E-state index in [1.807, 2.05) is 4.90 Å². The molecule has 1 aliphatic heterocycles. The molecule has 1 aromatic carbocycles. The molecule has 1 unspecified atom stereocenters. The summed E-state index contributed by atoms with van der Waals surface area (Å²) in [6.45, 7) is -0.264. The first kappa shape index (κ1) is 27.6. The predicted molar refractivity (Wildman–Crippen MR) is 124 cm³/mol. The molecule has 0 aliphatic carbocycles. The minimum Gasteiger partial charge on any atom is -0.484 e. The lowest BCUT2D eigenvalue weighted by Gasteiger charge is -2.36. The van der Waals surface area contributed by atoms with E-state index >= 15 is 0 Å². The summed E-state index contributed by atoms with van der Waals surface area (Å²) in [5, 5.41) is 10.3. The molecule has 0 saturated carbocycles. The molecule has 0 radical (unpaired) electrons. The first-order chi connectivity index (χ1) is 17.1. The van der Waals surface area contributed by atoms with Crippen molar-refractivity contribution in [2.45, 2.75) is 31.5 Å². The lowest BCUT2D eigenvalue weighted by molar-refractivity contribution is -0.158. The lowest BCUT2D eigenvalue weighted by atomic mass is 10.1. The number of anilines is 1. The number of aromatic nitrogens is 2. The van der Waals surface area contributed by atoms with Crippen LogP contribution in [0, 0.1) is 0 Å². The van der Waals surface area contributed by atoms with E-state index in [1.165, 1.54) is 16.4 Å². The number of carbonyl (C=O) groups is 1. The molecule has 1 saturated heterocycles. The maximum Gasteiger partial charge on any atom is 0.422 e. The summed E-state index contributed by atoms with van der Waals surface area (Å²) in [6.07, 6.45) is 0.172. The molecule has 1 amide bonds. The van der Waals surface area contributed by atoms with Gasteiger partial charge in [-0.1, -0.05) is 0 Å². The van der Waals surface area contributed by atoms with E-state index in [4.69, 9.17) is 4.74 Å². The molecule has 3 rings (SSSR count). The molecule has 2 heterocycles. The average molecular weight is 532 g/mol. The van der Waals surface area contributed by atoms with Gasteiger partial charge in [0.15, 0.2) is 6.61 Å². The van der Waals surface area contributed by atoms with E-state index < -0.39 is 34.6 Å². The van der Waals surface area contributed by atoms with Crippen LogP contribution in [0.1, 0.15) is 18.7 Å². The molecular weight excluding hydrogens is 503 g/mol. The Kier molecular flexibility index (Phi) is 9.45. The number of ether oxygens (including phenoxy) is 1. The van der Waals surface area contributed by atoms with Gasteiger partial charge in [0.25, 0.3) is 0 Å². The van der Waals surface area contributed by atoms with E-state index in [0.29, 0.717) is 36.8 Å². The summed E-state index contributed by atoms with van der Waals surface area (Å²) in [5.74, 6) is 0.250. The summed E-state index contributed by atoms with van der Waals surface area (Å²) in [7, 11) is -3.78. The zero-order valence-corrected chi connectivity index (χ0v) is 20.2.